The molecule has 0 aliphatic carbocycles. The lowest BCUT2D eigenvalue weighted by molar-refractivity contribution is -0.132. The minimum Gasteiger partial charge on any atom is -0.507 e. The Morgan fingerprint density at radius 1 is 1.38 bits per heavy atom. The summed E-state index contributed by atoms with van der Waals surface area (Å²) in [4.78, 5) is 16.3. The number of benzene rings is 1. The van der Waals surface area contributed by atoms with Crippen LogP contribution in [0.1, 0.15) is 31.7 Å². The number of rotatable bonds is 8. The van der Waals surface area contributed by atoms with Gasteiger partial charge in [-0.3, -0.25) is 9.69 Å². The third-order valence-corrected chi connectivity index (χ3v) is 5.48. The number of likely N-dealkylation sites (tertiary alicyclic amines) is 1. The summed E-state index contributed by atoms with van der Waals surface area (Å²) in [5.41, 5.74) is 0.901. The van der Waals surface area contributed by atoms with Crippen LogP contribution in [0.5, 0.6) is 11.5 Å². The molecule has 2 rings (SSSR count). The first-order chi connectivity index (χ1) is 12.5. The number of phenolic OH excluding ortho intramolecular Hbond substituents is 1. The molecule has 6 heteroatoms. The van der Waals surface area contributed by atoms with E-state index in [0.29, 0.717) is 37.1 Å². The summed E-state index contributed by atoms with van der Waals surface area (Å²) in [5, 5.41) is 19.2. The van der Waals surface area contributed by atoms with E-state index in [9.17, 15) is 9.90 Å². The molecular weight excluding hydrogens is 332 g/mol. The smallest absolute Gasteiger partial charge is 0.222 e. The van der Waals surface area contributed by atoms with Crippen molar-refractivity contribution in [2.24, 2.45) is 11.8 Å². The number of carbonyl (C=O) groups excluding carboxylic acids is 1. The third kappa shape index (κ3) is 5.35. The molecule has 1 aliphatic rings. The number of phenols is 1. The SMILES string of the molecule is CCC1CN(Cc2ccc(OC)cc2O)CCC1CC(=O)N(C)CCO. The van der Waals surface area contributed by atoms with Gasteiger partial charge in [-0.05, 0) is 30.9 Å². The number of aliphatic hydroxyl groups excluding tert-OH is 1. The summed E-state index contributed by atoms with van der Waals surface area (Å²) >= 11 is 0. The molecule has 0 saturated carbocycles. The number of amides is 1. The maximum absolute atomic E-state index is 12.3. The minimum atomic E-state index is 0.00322. The van der Waals surface area contributed by atoms with E-state index < -0.39 is 0 Å². The van der Waals surface area contributed by atoms with Crippen molar-refractivity contribution in [1.82, 2.24) is 9.80 Å². The van der Waals surface area contributed by atoms with E-state index in [-0.39, 0.29) is 18.3 Å². The van der Waals surface area contributed by atoms with Gasteiger partial charge in [0, 0.05) is 44.7 Å². The lowest BCUT2D eigenvalue weighted by Crippen LogP contribution is -2.42. The van der Waals surface area contributed by atoms with Crippen molar-refractivity contribution in [3.05, 3.63) is 23.8 Å². The second-order valence-corrected chi connectivity index (χ2v) is 7.19. The Bertz CT molecular complexity index is 593. The molecule has 2 unspecified atom stereocenters. The van der Waals surface area contributed by atoms with Crippen molar-refractivity contribution < 1.29 is 19.7 Å². The number of likely N-dealkylation sites (N-methyl/N-ethyl adjacent to an activating group) is 1. The molecule has 146 valence electrons. The van der Waals surface area contributed by atoms with Crippen molar-refractivity contribution in [3.63, 3.8) is 0 Å². The molecule has 1 amide bonds. The molecule has 0 radical (unpaired) electrons. The van der Waals surface area contributed by atoms with Crippen LogP contribution in [-0.4, -0.2) is 66.3 Å². The number of hydrogen-bond donors (Lipinski definition) is 2. The van der Waals surface area contributed by atoms with Crippen LogP contribution >= 0.6 is 0 Å². The van der Waals surface area contributed by atoms with Crippen molar-refractivity contribution in [2.45, 2.75) is 32.7 Å². The highest BCUT2D eigenvalue weighted by Crippen LogP contribution is 2.32. The van der Waals surface area contributed by atoms with Crippen LogP contribution in [0.2, 0.25) is 0 Å². The van der Waals surface area contributed by atoms with Crippen molar-refractivity contribution >= 4 is 5.91 Å². The number of nitrogens with zero attached hydrogens (tertiary/aromatic N) is 2. The number of aliphatic hydroxyl groups is 1. The van der Waals surface area contributed by atoms with Gasteiger partial charge >= 0.3 is 0 Å². The molecule has 1 aromatic carbocycles. The normalized spacial score (nSPS) is 20.8. The van der Waals surface area contributed by atoms with E-state index in [0.717, 1.165) is 31.5 Å². The summed E-state index contributed by atoms with van der Waals surface area (Å²) in [6.07, 6.45) is 2.57. The highest BCUT2D eigenvalue weighted by atomic mass is 16.5. The summed E-state index contributed by atoms with van der Waals surface area (Å²) in [7, 11) is 3.34. The fraction of sp³-hybridized carbons (Fsp3) is 0.650. The molecule has 0 bridgehead atoms. The van der Waals surface area contributed by atoms with Gasteiger partial charge in [-0.1, -0.05) is 19.4 Å². The molecule has 1 saturated heterocycles. The number of hydrogen-bond acceptors (Lipinski definition) is 5. The maximum Gasteiger partial charge on any atom is 0.222 e. The molecule has 2 atom stereocenters. The van der Waals surface area contributed by atoms with Crippen LogP contribution in [0.3, 0.4) is 0 Å². The van der Waals surface area contributed by atoms with Crippen LogP contribution in [0, 0.1) is 11.8 Å². The van der Waals surface area contributed by atoms with Crippen LogP contribution in [-0.2, 0) is 11.3 Å². The number of carbonyl (C=O) groups is 1. The van der Waals surface area contributed by atoms with Gasteiger partial charge in [0.2, 0.25) is 5.91 Å². The Labute approximate surface area is 156 Å². The molecule has 26 heavy (non-hydrogen) atoms. The Morgan fingerprint density at radius 2 is 2.15 bits per heavy atom. The van der Waals surface area contributed by atoms with Gasteiger partial charge < -0.3 is 19.8 Å². The van der Waals surface area contributed by atoms with Gasteiger partial charge in [0.25, 0.3) is 0 Å². The summed E-state index contributed by atoms with van der Waals surface area (Å²) < 4.78 is 5.14. The molecule has 6 nitrogen and oxygen atoms in total. The van der Waals surface area contributed by atoms with Gasteiger partial charge in [0.15, 0.2) is 0 Å². The van der Waals surface area contributed by atoms with Gasteiger partial charge in [-0.25, -0.2) is 0 Å². The fourth-order valence-corrected chi connectivity index (χ4v) is 3.73. The van der Waals surface area contributed by atoms with E-state index >= 15 is 0 Å². The Morgan fingerprint density at radius 3 is 2.77 bits per heavy atom. The predicted octanol–water partition coefficient (Wildman–Crippen LogP) is 2.09. The molecule has 1 aromatic rings. The topological polar surface area (TPSA) is 73.2 Å². The van der Waals surface area contributed by atoms with Crippen molar-refractivity contribution in [1.29, 1.82) is 0 Å². The Kier molecular flexibility index (Phi) is 7.72. The average molecular weight is 364 g/mol. The maximum atomic E-state index is 12.3. The summed E-state index contributed by atoms with van der Waals surface area (Å²) in [6.45, 7) is 5.13. The van der Waals surface area contributed by atoms with Gasteiger partial charge in [-0.15, -0.1) is 0 Å². The number of ether oxygens (including phenoxy) is 1. The highest BCUT2D eigenvalue weighted by Gasteiger charge is 2.30. The van der Waals surface area contributed by atoms with Crippen LogP contribution < -0.4 is 4.74 Å². The quantitative estimate of drug-likeness (QED) is 0.739. The zero-order chi connectivity index (χ0) is 19.1. The Hall–Kier alpha value is -1.79. The zero-order valence-corrected chi connectivity index (χ0v) is 16.1. The molecule has 1 fully saturated rings. The van der Waals surface area contributed by atoms with E-state index in [2.05, 4.69) is 11.8 Å². The highest BCUT2D eigenvalue weighted by molar-refractivity contribution is 5.76. The first-order valence-electron chi connectivity index (χ1n) is 9.41. The van der Waals surface area contributed by atoms with Crippen LogP contribution in [0.4, 0.5) is 0 Å². The number of methoxy groups -OCH3 is 1. The van der Waals surface area contributed by atoms with E-state index in [1.54, 1.807) is 25.1 Å². The minimum absolute atomic E-state index is 0.00322. The monoisotopic (exact) mass is 364 g/mol. The molecule has 1 aliphatic heterocycles. The van der Waals surface area contributed by atoms with Gasteiger partial charge in [0.1, 0.15) is 11.5 Å². The first-order valence-corrected chi connectivity index (χ1v) is 9.41. The van der Waals surface area contributed by atoms with E-state index in [1.807, 2.05) is 12.1 Å². The van der Waals surface area contributed by atoms with Crippen LogP contribution in [0.15, 0.2) is 18.2 Å². The van der Waals surface area contributed by atoms with Gasteiger partial charge in [-0.2, -0.15) is 0 Å². The van der Waals surface area contributed by atoms with E-state index in [1.165, 1.54) is 0 Å². The fourth-order valence-electron chi connectivity index (χ4n) is 3.73. The summed E-state index contributed by atoms with van der Waals surface area (Å²) in [5.74, 6) is 1.89. The second-order valence-electron chi connectivity index (χ2n) is 7.19. The molecule has 0 aromatic heterocycles. The Balaban J connectivity index is 1.93. The predicted molar refractivity (Wildman–Crippen MR) is 101 cm³/mol. The molecular formula is C20H32N2O4. The van der Waals surface area contributed by atoms with E-state index in [4.69, 9.17) is 9.84 Å². The van der Waals surface area contributed by atoms with Crippen molar-refractivity contribution in [3.8, 4) is 11.5 Å². The lowest BCUT2D eigenvalue weighted by atomic mass is 9.81. The van der Waals surface area contributed by atoms with Crippen LogP contribution in [0.25, 0.3) is 0 Å². The third-order valence-electron chi connectivity index (χ3n) is 5.48. The summed E-state index contributed by atoms with van der Waals surface area (Å²) in [6, 6.07) is 5.43. The first kappa shape index (κ1) is 20.5. The zero-order valence-electron chi connectivity index (χ0n) is 16.1. The molecule has 2 N–H and O–H groups in total. The largest absolute Gasteiger partial charge is 0.507 e. The average Bonchev–Trinajstić information content (AvgIpc) is 2.64. The molecule has 0 spiro atoms. The van der Waals surface area contributed by atoms with Crippen molar-refractivity contribution in [2.75, 3.05) is 40.4 Å². The molecule has 1 heterocycles. The number of aromatic hydroxyl groups is 1. The second kappa shape index (κ2) is 9.78. The van der Waals surface area contributed by atoms with Gasteiger partial charge in [0.05, 0.1) is 13.7 Å². The lowest BCUT2D eigenvalue weighted by Gasteiger charge is -2.38. The number of piperidine rings is 1. The standard InChI is InChI=1S/C20H32N2O4/c1-4-15-13-22(14-17-5-6-18(26-3)12-19(17)24)8-7-16(15)11-20(25)21(2)9-10-23/h5-6,12,15-16,23-24H,4,7-11,13-14H2,1-3H3.